The lowest BCUT2D eigenvalue weighted by molar-refractivity contribution is -0.116. The summed E-state index contributed by atoms with van der Waals surface area (Å²) in [4.78, 5) is 18.0. The van der Waals surface area contributed by atoms with Crippen LogP contribution in [0.4, 0.5) is 5.13 Å². The van der Waals surface area contributed by atoms with Gasteiger partial charge in [0.1, 0.15) is 0 Å². The Morgan fingerprint density at radius 3 is 2.74 bits per heavy atom. The van der Waals surface area contributed by atoms with E-state index in [1.165, 1.54) is 11.3 Å². The monoisotopic (exact) mass is 412 g/mol. The van der Waals surface area contributed by atoms with Crippen molar-refractivity contribution < 1.29 is 4.79 Å². The molecule has 0 aliphatic carbocycles. The van der Waals surface area contributed by atoms with Crippen LogP contribution in [0.1, 0.15) is 12.8 Å². The molecule has 6 heteroatoms. The molecule has 0 saturated carbocycles. The van der Waals surface area contributed by atoms with E-state index in [2.05, 4.69) is 34.6 Å². The number of aromatic nitrogens is 1. The molecule has 1 aromatic heterocycles. The predicted molar refractivity (Wildman–Crippen MR) is 117 cm³/mol. The second-order valence-electron chi connectivity index (χ2n) is 6.11. The van der Waals surface area contributed by atoms with Crippen molar-refractivity contribution in [3.63, 3.8) is 0 Å². The molecule has 1 heterocycles. The van der Waals surface area contributed by atoms with E-state index in [0.717, 1.165) is 43.1 Å². The molecule has 0 spiro atoms. The van der Waals surface area contributed by atoms with Gasteiger partial charge in [0.05, 0.1) is 10.2 Å². The van der Waals surface area contributed by atoms with E-state index in [0.29, 0.717) is 11.6 Å². The smallest absolute Gasteiger partial charge is 0.226 e. The maximum Gasteiger partial charge on any atom is 0.226 e. The molecule has 0 bridgehead atoms. The Hall–Kier alpha value is -2.08. The molecule has 0 atom stereocenters. The van der Waals surface area contributed by atoms with Crippen LogP contribution in [0.3, 0.4) is 0 Å². The normalized spacial score (nSPS) is 11.1. The lowest BCUT2D eigenvalue weighted by Crippen LogP contribution is -2.11. The van der Waals surface area contributed by atoms with E-state index in [-0.39, 0.29) is 5.91 Å². The molecule has 0 unspecified atom stereocenters. The molecule has 4 aromatic rings. The number of hydrogen-bond donors (Lipinski definition) is 1. The first kappa shape index (κ1) is 18.3. The Kier molecular flexibility index (Phi) is 5.62. The van der Waals surface area contributed by atoms with Gasteiger partial charge in [0, 0.05) is 21.7 Å². The van der Waals surface area contributed by atoms with Gasteiger partial charge in [0.15, 0.2) is 5.13 Å². The van der Waals surface area contributed by atoms with Crippen molar-refractivity contribution in [2.75, 3.05) is 11.1 Å². The second-order valence-corrected chi connectivity index (χ2v) is 8.74. The number of thiazole rings is 1. The molecule has 3 nitrogen and oxygen atoms in total. The number of nitrogens with one attached hydrogen (secondary N) is 1. The third-order valence-electron chi connectivity index (χ3n) is 4.16. The summed E-state index contributed by atoms with van der Waals surface area (Å²) >= 11 is 9.13. The third-order valence-corrected chi connectivity index (χ3v) is 6.45. The Labute approximate surface area is 170 Å². The van der Waals surface area contributed by atoms with E-state index in [1.807, 2.05) is 36.4 Å². The van der Waals surface area contributed by atoms with E-state index in [9.17, 15) is 4.79 Å². The molecular weight excluding hydrogens is 396 g/mol. The highest BCUT2D eigenvalue weighted by Crippen LogP contribution is 2.31. The first-order valence-corrected chi connectivity index (χ1v) is 10.8. The number of fused-ring (bicyclic) bond motifs is 3. The van der Waals surface area contributed by atoms with Crippen LogP contribution in [0.5, 0.6) is 0 Å². The van der Waals surface area contributed by atoms with E-state index in [1.54, 1.807) is 11.8 Å². The summed E-state index contributed by atoms with van der Waals surface area (Å²) in [5.41, 5.74) is 0.951. The minimum absolute atomic E-state index is 0.00932. The average Bonchev–Trinajstić information content (AvgIpc) is 3.09. The van der Waals surface area contributed by atoms with Gasteiger partial charge in [-0.25, -0.2) is 4.98 Å². The molecule has 0 fully saturated rings. The predicted octanol–water partition coefficient (Wildman–Crippen LogP) is 6.61. The molecule has 3 aromatic carbocycles. The minimum atomic E-state index is 0.00932. The zero-order chi connectivity index (χ0) is 18.6. The van der Waals surface area contributed by atoms with Gasteiger partial charge in [-0.1, -0.05) is 53.3 Å². The van der Waals surface area contributed by atoms with Crippen LogP contribution in [-0.2, 0) is 4.79 Å². The van der Waals surface area contributed by atoms with Crippen LogP contribution in [0.2, 0.25) is 5.02 Å². The second kappa shape index (κ2) is 8.30. The number of benzene rings is 3. The lowest BCUT2D eigenvalue weighted by atomic mass is 10.1. The van der Waals surface area contributed by atoms with Gasteiger partial charge in [-0.05, 0) is 47.9 Å². The van der Waals surface area contributed by atoms with Crippen LogP contribution >= 0.6 is 34.7 Å². The van der Waals surface area contributed by atoms with Crippen molar-refractivity contribution in [3.8, 4) is 0 Å². The van der Waals surface area contributed by atoms with Gasteiger partial charge in [-0.2, -0.15) is 0 Å². The molecule has 0 saturated heterocycles. The van der Waals surface area contributed by atoms with Crippen molar-refractivity contribution in [3.05, 3.63) is 65.7 Å². The van der Waals surface area contributed by atoms with Crippen molar-refractivity contribution in [2.45, 2.75) is 17.7 Å². The van der Waals surface area contributed by atoms with Crippen LogP contribution in [0.15, 0.2) is 65.6 Å². The maximum absolute atomic E-state index is 12.2. The zero-order valence-corrected chi connectivity index (χ0v) is 16.8. The summed E-state index contributed by atoms with van der Waals surface area (Å²) < 4.78 is 1.09. The van der Waals surface area contributed by atoms with E-state index < -0.39 is 0 Å². The van der Waals surface area contributed by atoms with E-state index >= 15 is 0 Å². The minimum Gasteiger partial charge on any atom is -0.302 e. The van der Waals surface area contributed by atoms with Gasteiger partial charge >= 0.3 is 0 Å². The van der Waals surface area contributed by atoms with Crippen molar-refractivity contribution in [1.82, 2.24) is 4.98 Å². The van der Waals surface area contributed by atoms with Crippen LogP contribution in [0.25, 0.3) is 21.0 Å². The highest BCUT2D eigenvalue weighted by Gasteiger charge is 2.10. The summed E-state index contributed by atoms with van der Waals surface area (Å²) in [6.07, 6.45) is 1.30. The number of carbonyl (C=O) groups is 1. The number of nitrogens with zero attached hydrogens (tertiary/aromatic N) is 1. The highest BCUT2D eigenvalue weighted by molar-refractivity contribution is 7.99. The van der Waals surface area contributed by atoms with Gasteiger partial charge in [0.2, 0.25) is 5.91 Å². The summed E-state index contributed by atoms with van der Waals surface area (Å²) in [5.74, 6) is 0.898. The molecule has 0 aliphatic rings. The Balaban J connectivity index is 1.34. The Morgan fingerprint density at radius 1 is 1.07 bits per heavy atom. The number of hydrogen-bond acceptors (Lipinski definition) is 4. The van der Waals surface area contributed by atoms with Crippen LogP contribution < -0.4 is 5.32 Å². The van der Waals surface area contributed by atoms with Gasteiger partial charge in [0.25, 0.3) is 0 Å². The standard InChI is InChI=1S/C21H17ClN2OS2/c22-15-8-10-16(11-9-15)26-13-3-6-19(25)23-21-24-20-17-5-2-1-4-14(17)7-12-18(20)27-21/h1-2,4-5,7-12H,3,6,13H2,(H,23,24,25). The topological polar surface area (TPSA) is 42.0 Å². The lowest BCUT2D eigenvalue weighted by Gasteiger charge is -2.03. The molecule has 0 radical (unpaired) electrons. The van der Waals surface area contributed by atoms with Crippen molar-refractivity contribution in [1.29, 1.82) is 0 Å². The number of anilines is 1. The first-order chi connectivity index (χ1) is 13.2. The van der Waals surface area contributed by atoms with Crippen LogP contribution in [-0.4, -0.2) is 16.6 Å². The number of amides is 1. The van der Waals surface area contributed by atoms with Gasteiger partial charge in [-0.3, -0.25) is 4.79 Å². The summed E-state index contributed by atoms with van der Waals surface area (Å²) in [5, 5.41) is 6.62. The number of carbonyl (C=O) groups excluding carboxylic acids is 1. The van der Waals surface area contributed by atoms with Gasteiger partial charge in [-0.15, -0.1) is 11.8 Å². The van der Waals surface area contributed by atoms with Gasteiger partial charge < -0.3 is 5.32 Å². The number of thioether (sulfide) groups is 1. The van der Waals surface area contributed by atoms with Crippen LogP contribution in [0, 0.1) is 0 Å². The van der Waals surface area contributed by atoms with E-state index in [4.69, 9.17) is 11.6 Å². The maximum atomic E-state index is 12.2. The molecule has 1 N–H and O–H groups in total. The third kappa shape index (κ3) is 4.43. The fraction of sp³-hybridized carbons (Fsp3) is 0.143. The van der Waals surface area contributed by atoms with Crippen molar-refractivity contribution in [2.24, 2.45) is 0 Å². The highest BCUT2D eigenvalue weighted by atomic mass is 35.5. The summed E-state index contributed by atoms with van der Waals surface area (Å²) in [7, 11) is 0. The Morgan fingerprint density at radius 2 is 1.89 bits per heavy atom. The molecule has 1 amide bonds. The SMILES string of the molecule is O=C(CCCSc1ccc(Cl)cc1)Nc1nc2c(ccc3ccccc32)s1. The average molecular weight is 413 g/mol. The molecule has 4 rings (SSSR count). The molecular formula is C21H17ClN2OS2. The molecule has 27 heavy (non-hydrogen) atoms. The largest absolute Gasteiger partial charge is 0.302 e. The number of rotatable bonds is 6. The first-order valence-electron chi connectivity index (χ1n) is 8.65. The summed E-state index contributed by atoms with van der Waals surface area (Å²) in [6.45, 7) is 0. The van der Waals surface area contributed by atoms with Crippen molar-refractivity contribution >= 4 is 66.7 Å². The fourth-order valence-corrected chi connectivity index (χ4v) is 4.73. The molecule has 136 valence electrons. The summed E-state index contributed by atoms with van der Waals surface area (Å²) in [6, 6.07) is 20.1. The Bertz CT molecular complexity index is 1090. The number of halogens is 1. The zero-order valence-electron chi connectivity index (χ0n) is 14.4. The molecule has 0 aliphatic heterocycles. The fourth-order valence-electron chi connectivity index (χ4n) is 2.85. The quantitative estimate of drug-likeness (QED) is 0.286.